The van der Waals surface area contributed by atoms with Gasteiger partial charge in [-0.2, -0.15) is 0 Å². The highest BCUT2D eigenvalue weighted by Crippen LogP contribution is 2.09. The van der Waals surface area contributed by atoms with E-state index in [1.165, 1.54) is 0 Å². The number of hydrogen-bond acceptors (Lipinski definition) is 1. The van der Waals surface area contributed by atoms with Crippen LogP contribution < -0.4 is 0 Å². The largest absolute Gasteiger partial charge is 0.480 e. The van der Waals surface area contributed by atoms with Gasteiger partial charge in [0.05, 0.1) is 0 Å². The van der Waals surface area contributed by atoms with Crippen LogP contribution in [0.1, 0.15) is 5.56 Å². The maximum atomic E-state index is 10.5. The number of aliphatic carboxylic acids is 1. The summed E-state index contributed by atoms with van der Waals surface area (Å²) in [6.07, 6.45) is 0.524. The van der Waals surface area contributed by atoms with Crippen molar-refractivity contribution in [2.45, 2.75) is 11.2 Å². The molecule has 1 N–H and O–H groups in total. The lowest BCUT2D eigenvalue weighted by Crippen LogP contribution is -2.15. The number of benzene rings is 1. The Hall–Kier alpha value is -0.830. The number of carboxylic acid groups (broad SMARTS) is 1. The van der Waals surface area contributed by atoms with Crippen molar-refractivity contribution in [1.82, 2.24) is 0 Å². The summed E-state index contributed by atoms with van der Waals surface area (Å²) in [7, 11) is 0. The summed E-state index contributed by atoms with van der Waals surface area (Å²) < 4.78 is 0. The van der Waals surface area contributed by atoms with Crippen LogP contribution in [0.15, 0.2) is 30.3 Å². The first-order chi connectivity index (χ1) is 5.70. The summed E-state index contributed by atoms with van der Waals surface area (Å²) in [5, 5.41) is 8.60. The third-order valence-electron chi connectivity index (χ3n) is 1.53. The second kappa shape index (κ2) is 4.26. The van der Waals surface area contributed by atoms with Crippen molar-refractivity contribution in [3.8, 4) is 0 Å². The fraction of sp³-hybridized carbons (Fsp3) is 0.222. The van der Waals surface area contributed by atoms with Crippen LogP contribution >= 0.6 is 15.9 Å². The molecular weight excluding hydrogens is 220 g/mol. The van der Waals surface area contributed by atoms with Crippen molar-refractivity contribution in [2.24, 2.45) is 0 Å². The molecule has 0 fully saturated rings. The van der Waals surface area contributed by atoms with Crippen molar-refractivity contribution < 1.29 is 9.90 Å². The fourth-order valence-electron chi connectivity index (χ4n) is 0.908. The Morgan fingerprint density at radius 3 is 2.50 bits per heavy atom. The van der Waals surface area contributed by atoms with Gasteiger partial charge in [0.25, 0.3) is 0 Å². The summed E-state index contributed by atoms with van der Waals surface area (Å²) in [4.78, 5) is 9.97. The van der Waals surface area contributed by atoms with Crippen LogP contribution in [0, 0.1) is 0 Å². The lowest BCUT2D eigenvalue weighted by Gasteiger charge is -2.03. The summed E-state index contributed by atoms with van der Waals surface area (Å²) in [5.74, 6) is -0.821. The predicted octanol–water partition coefficient (Wildman–Crippen LogP) is 2.08. The third kappa shape index (κ3) is 2.66. The van der Waals surface area contributed by atoms with Gasteiger partial charge in [-0.25, -0.2) is 0 Å². The molecule has 0 bridgehead atoms. The summed E-state index contributed by atoms with van der Waals surface area (Å²) in [6.45, 7) is 0. The van der Waals surface area contributed by atoms with Gasteiger partial charge in [0.2, 0.25) is 0 Å². The van der Waals surface area contributed by atoms with Crippen LogP contribution in [0.3, 0.4) is 0 Å². The molecule has 0 saturated heterocycles. The van der Waals surface area contributed by atoms with E-state index in [9.17, 15) is 4.79 Å². The molecule has 64 valence electrons. The molecule has 12 heavy (non-hydrogen) atoms. The molecule has 0 heterocycles. The van der Waals surface area contributed by atoms with Gasteiger partial charge < -0.3 is 5.11 Å². The first-order valence-corrected chi connectivity index (χ1v) is 4.52. The first kappa shape index (κ1) is 9.26. The molecule has 0 aliphatic rings. The van der Waals surface area contributed by atoms with Gasteiger partial charge in [-0.05, 0) is 12.0 Å². The molecule has 1 atom stereocenters. The van der Waals surface area contributed by atoms with E-state index in [1.54, 1.807) is 0 Å². The van der Waals surface area contributed by atoms with Gasteiger partial charge >= 0.3 is 5.97 Å². The fourth-order valence-corrected chi connectivity index (χ4v) is 1.28. The van der Waals surface area contributed by atoms with Crippen LogP contribution in [0.2, 0.25) is 0 Å². The van der Waals surface area contributed by atoms with E-state index in [2.05, 4.69) is 15.9 Å². The van der Waals surface area contributed by atoms with Crippen molar-refractivity contribution in [3.63, 3.8) is 0 Å². The number of alkyl halides is 1. The van der Waals surface area contributed by atoms with E-state index >= 15 is 0 Å². The summed E-state index contributed by atoms with van der Waals surface area (Å²) in [6, 6.07) is 9.54. The molecule has 1 rings (SSSR count). The highest BCUT2D eigenvalue weighted by molar-refractivity contribution is 9.10. The standard InChI is InChI=1S/C9H9BrO2/c10-8(9(11)12)6-7-4-2-1-3-5-7/h1-5,8H,6H2,(H,11,12). The molecule has 1 unspecified atom stereocenters. The minimum absolute atomic E-state index is 0.486. The van der Waals surface area contributed by atoms with Crippen LogP contribution in [-0.2, 0) is 11.2 Å². The van der Waals surface area contributed by atoms with Crippen LogP contribution in [0.25, 0.3) is 0 Å². The zero-order chi connectivity index (χ0) is 8.97. The molecule has 0 aromatic heterocycles. The van der Waals surface area contributed by atoms with E-state index in [4.69, 9.17) is 5.11 Å². The second-order valence-corrected chi connectivity index (χ2v) is 3.60. The maximum Gasteiger partial charge on any atom is 0.317 e. The SMILES string of the molecule is O=C(O)C(Br)Cc1ccccc1. The van der Waals surface area contributed by atoms with Gasteiger partial charge in [0, 0.05) is 0 Å². The van der Waals surface area contributed by atoms with Gasteiger partial charge in [-0.1, -0.05) is 46.3 Å². The van der Waals surface area contributed by atoms with Gasteiger partial charge in [-0.15, -0.1) is 0 Å². The molecular formula is C9H9BrO2. The van der Waals surface area contributed by atoms with Crippen molar-refractivity contribution in [1.29, 1.82) is 0 Å². The monoisotopic (exact) mass is 228 g/mol. The van der Waals surface area contributed by atoms with Gasteiger partial charge in [0.1, 0.15) is 4.83 Å². The van der Waals surface area contributed by atoms with E-state index in [0.717, 1.165) is 5.56 Å². The molecule has 0 aliphatic carbocycles. The quantitative estimate of drug-likeness (QED) is 0.805. The minimum Gasteiger partial charge on any atom is -0.480 e. The lowest BCUT2D eigenvalue weighted by atomic mass is 10.1. The Bertz CT molecular complexity index is 258. The normalized spacial score (nSPS) is 12.4. The molecule has 0 saturated carbocycles. The Balaban J connectivity index is 2.58. The van der Waals surface area contributed by atoms with Crippen molar-refractivity contribution in [2.75, 3.05) is 0 Å². The van der Waals surface area contributed by atoms with E-state index in [-0.39, 0.29) is 0 Å². The number of halogens is 1. The average Bonchev–Trinajstić information content (AvgIpc) is 2.06. The van der Waals surface area contributed by atoms with Gasteiger partial charge in [-0.3, -0.25) is 4.79 Å². The van der Waals surface area contributed by atoms with Crippen molar-refractivity contribution in [3.05, 3.63) is 35.9 Å². The molecule has 1 aromatic carbocycles. The molecule has 0 spiro atoms. The third-order valence-corrected chi connectivity index (χ3v) is 2.24. The molecule has 1 aromatic rings. The molecule has 0 aliphatic heterocycles. The van der Waals surface area contributed by atoms with E-state index in [0.29, 0.717) is 6.42 Å². The Labute approximate surface area is 79.3 Å². The van der Waals surface area contributed by atoms with Crippen LogP contribution in [0.4, 0.5) is 0 Å². The highest BCUT2D eigenvalue weighted by atomic mass is 79.9. The maximum absolute atomic E-state index is 10.5. The molecule has 3 heteroatoms. The minimum atomic E-state index is -0.821. The summed E-state index contributed by atoms with van der Waals surface area (Å²) >= 11 is 3.08. The number of rotatable bonds is 3. The van der Waals surface area contributed by atoms with Gasteiger partial charge in [0.15, 0.2) is 0 Å². The Morgan fingerprint density at radius 1 is 1.42 bits per heavy atom. The number of hydrogen-bond donors (Lipinski definition) is 1. The smallest absolute Gasteiger partial charge is 0.317 e. The lowest BCUT2D eigenvalue weighted by molar-refractivity contribution is -0.136. The average molecular weight is 229 g/mol. The first-order valence-electron chi connectivity index (χ1n) is 3.61. The van der Waals surface area contributed by atoms with E-state index in [1.807, 2.05) is 30.3 Å². The topological polar surface area (TPSA) is 37.3 Å². The number of carboxylic acids is 1. The zero-order valence-electron chi connectivity index (χ0n) is 6.40. The Morgan fingerprint density at radius 2 is 2.00 bits per heavy atom. The molecule has 0 amide bonds. The van der Waals surface area contributed by atoms with Crippen LogP contribution in [0.5, 0.6) is 0 Å². The summed E-state index contributed by atoms with van der Waals surface area (Å²) in [5.41, 5.74) is 1.03. The second-order valence-electron chi connectivity index (χ2n) is 2.50. The zero-order valence-corrected chi connectivity index (χ0v) is 7.99. The molecule has 0 radical (unpaired) electrons. The number of carbonyl (C=O) groups is 1. The van der Waals surface area contributed by atoms with Crippen LogP contribution in [-0.4, -0.2) is 15.9 Å². The molecule has 2 nitrogen and oxygen atoms in total. The Kier molecular flexibility index (Phi) is 3.29. The van der Waals surface area contributed by atoms with Crippen molar-refractivity contribution >= 4 is 21.9 Å². The van der Waals surface area contributed by atoms with E-state index < -0.39 is 10.8 Å². The predicted molar refractivity (Wildman–Crippen MR) is 50.5 cm³/mol. The highest BCUT2D eigenvalue weighted by Gasteiger charge is 2.12.